The normalized spacial score (nSPS) is 22.2. The van der Waals surface area contributed by atoms with Gasteiger partial charge in [0.15, 0.2) is 0 Å². The highest BCUT2D eigenvalue weighted by Crippen LogP contribution is 2.33. The van der Waals surface area contributed by atoms with Crippen LogP contribution in [0.3, 0.4) is 0 Å². The van der Waals surface area contributed by atoms with E-state index in [4.69, 9.17) is 9.47 Å². The van der Waals surface area contributed by atoms with Gasteiger partial charge < -0.3 is 19.3 Å². The molecule has 0 aromatic heterocycles. The minimum atomic E-state index is -0.315. The zero-order valence-electron chi connectivity index (χ0n) is 11.5. The topological polar surface area (TPSA) is 37.3 Å². The van der Waals surface area contributed by atoms with E-state index < -0.39 is 0 Å². The van der Waals surface area contributed by atoms with Crippen LogP contribution in [-0.4, -0.2) is 43.8 Å². The molecule has 20 heavy (non-hydrogen) atoms. The van der Waals surface area contributed by atoms with E-state index in [2.05, 4.69) is 52.3 Å². The fraction of sp³-hybridized carbons (Fsp3) is 0.400. The van der Waals surface area contributed by atoms with Gasteiger partial charge in [-0.15, -0.1) is 0 Å². The third-order valence-electron chi connectivity index (χ3n) is 3.83. The number of fused-ring (bicyclic) bond motifs is 3. The molecule has 0 N–H and O–H groups in total. The second-order valence-corrected chi connectivity index (χ2v) is 5.24. The van der Waals surface area contributed by atoms with Crippen LogP contribution in [0.5, 0.6) is 0 Å². The number of nitrogens with zero attached hydrogens (tertiary/aromatic N) is 3. The number of anilines is 1. The molecule has 5 nitrogen and oxygen atoms in total. The van der Waals surface area contributed by atoms with Gasteiger partial charge in [0, 0.05) is 25.5 Å². The van der Waals surface area contributed by atoms with E-state index in [-0.39, 0.29) is 6.29 Å². The summed E-state index contributed by atoms with van der Waals surface area (Å²) >= 11 is 0. The average Bonchev–Trinajstić information content (AvgIpc) is 3.06. The summed E-state index contributed by atoms with van der Waals surface area (Å²) < 4.78 is 11.2. The van der Waals surface area contributed by atoms with Crippen LogP contribution in [0.1, 0.15) is 5.56 Å². The first-order chi connectivity index (χ1) is 9.83. The summed E-state index contributed by atoms with van der Waals surface area (Å²) in [5.74, 6) is 0. The molecule has 1 saturated heterocycles. The average molecular weight is 271 g/mol. The highest BCUT2D eigenvalue weighted by Gasteiger charge is 2.34. The summed E-state index contributed by atoms with van der Waals surface area (Å²) in [5.41, 5.74) is 4.53. The van der Waals surface area contributed by atoms with Gasteiger partial charge in [0.2, 0.25) is 6.29 Å². The Morgan fingerprint density at radius 3 is 2.85 bits per heavy atom. The highest BCUT2D eigenvalue weighted by atomic mass is 16.7. The van der Waals surface area contributed by atoms with Crippen LogP contribution in [0.25, 0.3) is 0 Å². The van der Waals surface area contributed by atoms with Gasteiger partial charge >= 0.3 is 0 Å². The van der Waals surface area contributed by atoms with Crippen molar-refractivity contribution in [2.75, 3.05) is 31.8 Å². The zero-order valence-corrected chi connectivity index (χ0v) is 11.5. The van der Waals surface area contributed by atoms with Crippen LogP contribution in [0, 0.1) is 0 Å². The summed E-state index contributed by atoms with van der Waals surface area (Å²) in [5, 5.41) is 0. The lowest BCUT2D eigenvalue weighted by atomic mass is 10.1. The molecule has 0 aliphatic carbocycles. The van der Waals surface area contributed by atoms with E-state index in [1.807, 2.05) is 0 Å². The van der Waals surface area contributed by atoms with E-state index in [1.165, 1.54) is 11.3 Å². The monoisotopic (exact) mass is 271 g/mol. The molecule has 1 aromatic rings. The Bertz CT molecular complexity index is 591. The van der Waals surface area contributed by atoms with Crippen molar-refractivity contribution in [3.8, 4) is 0 Å². The lowest BCUT2D eigenvalue weighted by Gasteiger charge is -2.21. The summed E-state index contributed by atoms with van der Waals surface area (Å²) in [6.45, 7) is 2.82. The van der Waals surface area contributed by atoms with Gasteiger partial charge in [-0.05, 0) is 11.6 Å². The third kappa shape index (κ3) is 1.82. The Hall–Kier alpha value is -1.85. The molecule has 5 heteroatoms. The number of hydrogen-bond donors (Lipinski definition) is 0. The SMILES string of the molecule is CN1C=C2C(C3OCCO3)=NCN2c2ccccc2C1. The Morgan fingerprint density at radius 1 is 1.20 bits per heavy atom. The fourth-order valence-corrected chi connectivity index (χ4v) is 2.93. The molecule has 0 amide bonds. The lowest BCUT2D eigenvalue weighted by Crippen LogP contribution is -2.28. The van der Waals surface area contributed by atoms with Crippen LogP contribution in [0.4, 0.5) is 5.69 Å². The number of para-hydroxylation sites is 1. The standard InChI is InChI=1S/C15H17N3O2/c1-17-8-11-4-2-3-5-12(11)18-10-16-14(13(18)9-17)15-19-6-7-20-15/h2-5,9,15H,6-8,10H2,1H3. The second kappa shape index (κ2) is 4.61. The molecule has 1 fully saturated rings. The zero-order chi connectivity index (χ0) is 13.5. The van der Waals surface area contributed by atoms with E-state index in [1.54, 1.807) is 0 Å². The van der Waals surface area contributed by atoms with E-state index in [9.17, 15) is 0 Å². The Kier molecular flexibility index (Phi) is 2.75. The Labute approximate surface area is 118 Å². The molecule has 0 bridgehead atoms. The highest BCUT2D eigenvalue weighted by molar-refractivity contribution is 6.07. The molecule has 0 unspecified atom stereocenters. The summed E-state index contributed by atoms with van der Waals surface area (Å²) in [7, 11) is 2.08. The Balaban J connectivity index is 1.74. The largest absolute Gasteiger partial charge is 0.374 e. The van der Waals surface area contributed by atoms with Gasteiger partial charge in [0.1, 0.15) is 12.4 Å². The first kappa shape index (κ1) is 11.9. The first-order valence-electron chi connectivity index (χ1n) is 6.88. The van der Waals surface area contributed by atoms with Crippen LogP contribution in [0.2, 0.25) is 0 Å². The van der Waals surface area contributed by atoms with Crippen molar-refractivity contribution < 1.29 is 9.47 Å². The minimum Gasteiger partial charge on any atom is -0.374 e. The number of hydrogen-bond acceptors (Lipinski definition) is 5. The molecule has 3 aliphatic heterocycles. The molecule has 0 saturated carbocycles. The van der Waals surface area contributed by atoms with Crippen LogP contribution >= 0.6 is 0 Å². The molecule has 104 valence electrons. The molecule has 1 aromatic carbocycles. The summed E-state index contributed by atoms with van der Waals surface area (Å²) in [4.78, 5) is 9.05. The van der Waals surface area contributed by atoms with Crippen molar-refractivity contribution >= 4 is 11.4 Å². The second-order valence-electron chi connectivity index (χ2n) is 5.24. The van der Waals surface area contributed by atoms with Crippen LogP contribution < -0.4 is 4.90 Å². The minimum absolute atomic E-state index is 0.315. The van der Waals surface area contributed by atoms with E-state index >= 15 is 0 Å². The predicted octanol–water partition coefficient (Wildman–Crippen LogP) is 1.56. The van der Waals surface area contributed by atoms with Crippen LogP contribution in [0.15, 0.2) is 41.2 Å². The molecule has 4 rings (SSSR count). The van der Waals surface area contributed by atoms with Crippen LogP contribution in [-0.2, 0) is 16.0 Å². The van der Waals surface area contributed by atoms with Crippen molar-refractivity contribution in [2.45, 2.75) is 12.8 Å². The van der Waals surface area contributed by atoms with Gasteiger partial charge in [0.25, 0.3) is 0 Å². The maximum atomic E-state index is 5.61. The van der Waals surface area contributed by atoms with Gasteiger partial charge in [-0.2, -0.15) is 0 Å². The maximum absolute atomic E-state index is 5.61. The maximum Gasteiger partial charge on any atom is 0.203 e. The Morgan fingerprint density at radius 2 is 2.00 bits per heavy atom. The van der Waals surface area contributed by atoms with Crippen molar-refractivity contribution in [3.63, 3.8) is 0 Å². The van der Waals surface area contributed by atoms with Gasteiger partial charge in [0.05, 0.1) is 18.9 Å². The summed E-state index contributed by atoms with van der Waals surface area (Å²) in [6, 6.07) is 8.47. The number of benzene rings is 1. The molecule has 0 radical (unpaired) electrons. The molecule has 0 atom stereocenters. The third-order valence-corrected chi connectivity index (χ3v) is 3.83. The molecule has 0 spiro atoms. The van der Waals surface area contributed by atoms with Crippen molar-refractivity contribution in [3.05, 3.63) is 41.7 Å². The van der Waals surface area contributed by atoms with Gasteiger partial charge in [-0.3, -0.25) is 4.99 Å². The molecular weight excluding hydrogens is 254 g/mol. The number of rotatable bonds is 1. The van der Waals surface area contributed by atoms with Crippen molar-refractivity contribution in [2.24, 2.45) is 4.99 Å². The quantitative estimate of drug-likeness (QED) is 0.777. The van der Waals surface area contributed by atoms with Gasteiger partial charge in [-0.1, -0.05) is 18.2 Å². The lowest BCUT2D eigenvalue weighted by molar-refractivity contribution is 0.0153. The van der Waals surface area contributed by atoms with Crippen molar-refractivity contribution in [1.29, 1.82) is 0 Å². The molecule has 3 heterocycles. The smallest absolute Gasteiger partial charge is 0.203 e. The van der Waals surface area contributed by atoms with E-state index in [0.29, 0.717) is 19.9 Å². The number of aliphatic imine (C=N–C) groups is 1. The first-order valence-corrected chi connectivity index (χ1v) is 6.88. The summed E-state index contributed by atoms with van der Waals surface area (Å²) in [6.07, 6.45) is 1.82. The fourth-order valence-electron chi connectivity index (χ4n) is 2.93. The molecule has 3 aliphatic rings. The van der Waals surface area contributed by atoms with Gasteiger partial charge in [-0.25, -0.2) is 0 Å². The number of ether oxygens (including phenoxy) is 2. The molecular formula is C15H17N3O2. The predicted molar refractivity (Wildman–Crippen MR) is 76.5 cm³/mol. The van der Waals surface area contributed by atoms with Crippen molar-refractivity contribution in [1.82, 2.24) is 4.90 Å². The van der Waals surface area contributed by atoms with E-state index in [0.717, 1.165) is 18.0 Å².